The lowest BCUT2D eigenvalue weighted by Gasteiger charge is -2.22. The van der Waals surface area contributed by atoms with E-state index in [2.05, 4.69) is 24.3 Å². The second kappa shape index (κ2) is 13.5. The molecule has 4 heteroatoms. The average Bonchev–Trinajstić information content (AvgIpc) is 3.05. The molecule has 0 radical (unpaired) electrons. The Morgan fingerprint density at radius 1 is 0.524 bits per heavy atom. The molecule has 0 amide bonds. The van der Waals surface area contributed by atoms with Crippen molar-refractivity contribution in [3.63, 3.8) is 0 Å². The van der Waals surface area contributed by atoms with Gasteiger partial charge in [-0.15, -0.1) is 0 Å². The summed E-state index contributed by atoms with van der Waals surface area (Å²) in [5, 5.41) is 3.15. The first-order valence-corrected chi connectivity index (χ1v) is 16.1. The topological polar surface area (TPSA) is 52.6 Å². The molecule has 2 fully saturated rings. The number of hydrogen-bond acceptors (Lipinski definition) is 4. The van der Waals surface area contributed by atoms with Gasteiger partial charge in [0.1, 0.15) is 11.5 Å². The van der Waals surface area contributed by atoms with Gasteiger partial charge in [-0.2, -0.15) is 0 Å². The SMILES string of the molecule is O=C(CCC1CCCCC1)Oc1c2ccccc2c(OC(=O)CCC2CCCCC2)c2cc(-c3ccccc3)ccc12. The molecular formula is C38H42O4. The number of benzene rings is 4. The van der Waals surface area contributed by atoms with Gasteiger partial charge in [0.05, 0.1) is 0 Å². The number of hydrogen-bond donors (Lipinski definition) is 0. The molecule has 2 aliphatic rings. The molecule has 218 valence electrons. The monoisotopic (exact) mass is 562 g/mol. The normalized spacial score (nSPS) is 16.5. The zero-order valence-corrected chi connectivity index (χ0v) is 24.6. The molecule has 2 saturated carbocycles. The summed E-state index contributed by atoms with van der Waals surface area (Å²) in [6.45, 7) is 0. The standard InChI is InChI=1S/C38H42O4/c39-35(24-20-27-12-4-1-5-13-27)41-37-31-18-10-11-19-32(31)38(42-36(40)25-21-28-14-6-2-7-15-28)34-26-30(22-23-33(34)37)29-16-8-3-9-17-29/h3,8-11,16-19,22-23,26-28H,1-2,4-7,12-15,20-21,24-25H2. The first-order valence-electron chi connectivity index (χ1n) is 16.1. The summed E-state index contributed by atoms with van der Waals surface area (Å²) in [5.74, 6) is 1.93. The van der Waals surface area contributed by atoms with Gasteiger partial charge in [0.25, 0.3) is 0 Å². The molecule has 0 N–H and O–H groups in total. The molecule has 0 atom stereocenters. The highest BCUT2D eigenvalue weighted by atomic mass is 16.5. The van der Waals surface area contributed by atoms with E-state index in [-0.39, 0.29) is 11.9 Å². The Bertz CT molecular complexity index is 1530. The lowest BCUT2D eigenvalue weighted by molar-refractivity contribution is -0.135. The predicted molar refractivity (Wildman–Crippen MR) is 170 cm³/mol. The van der Waals surface area contributed by atoms with Crippen molar-refractivity contribution >= 4 is 33.5 Å². The van der Waals surface area contributed by atoms with Crippen LogP contribution in [0.3, 0.4) is 0 Å². The van der Waals surface area contributed by atoms with E-state index in [0.29, 0.717) is 36.2 Å². The fourth-order valence-corrected chi connectivity index (χ4v) is 7.05. The van der Waals surface area contributed by atoms with Crippen molar-refractivity contribution in [1.29, 1.82) is 0 Å². The summed E-state index contributed by atoms with van der Waals surface area (Å²) in [6.07, 6.45) is 15.1. The van der Waals surface area contributed by atoms with Crippen LogP contribution in [0.25, 0.3) is 32.7 Å². The summed E-state index contributed by atoms with van der Waals surface area (Å²) in [6, 6.07) is 24.1. The van der Waals surface area contributed by atoms with Crippen LogP contribution in [0, 0.1) is 11.8 Å². The minimum absolute atomic E-state index is 0.198. The highest BCUT2D eigenvalue weighted by Crippen LogP contribution is 2.44. The van der Waals surface area contributed by atoms with Crippen molar-refractivity contribution in [3.05, 3.63) is 72.8 Å². The third-order valence-electron chi connectivity index (χ3n) is 9.43. The van der Waals surface area contributed by atoms with Gasteiger partial charge in [0.2, 0.25) is 0 Å². The first-order chi connectivity index (χ1) is 20.7. The van der Waals surface area contributed by atoms with Gasteiger partial charge in [0, 0.05) is 34.4 Å². The van der Waals surface area contributed by atoms with Crippen LogP contribution in [-0.2, 0) is 9.59 Å². The Hall–Kier alpha value is -3.66. The number of fused-ring (bicyclic) bond motifs is 2. The van der Waals surface area contributed by atoms with Crippen molar-refractivity contribution in [2.45, 2.75) is 89.9 Å². The quantitative estimate of drug-likeness (QED) is 0.116. The van der Waals surface area contributed by atoms with E-state index < -0.39 is 0 Å². The van der Waals surface area contributed by atoms with Crippen LogP contribution in [0.2, 0.25) is 0 Å². The number of carbonyl (C=O) groups is 2. The van der Waals surface area contributed by atoms with Crippen LogP contribution >= 0.6 is 0 Å². The number of carbonyl (C=O) groups excluding carboxylic acids is 2. The largest absolute Gasteiger partial charge is 0.425 e. The van der Waals surface area contributed by atoms with Gasteiger partial charge in [-0.25, -0.2) is 0 Å². The van der Waals surface area contributed by atoms with Crippen molar-refractivity contribution in [1.82, 2.24) is 0 Å². The van der Waals surface area contributed by atoms with E-state index in [0.717, 1.165) is 45.5 Å². The van der Waals surface area contributed by atoms with E-state index in [1.807, 2.05) is 48.5 Å². The molecule has 0 aliphatic heterocycles. The lowest BCUT2D eigenvalue weighted by Crippen LogP contribution is -2.14. The fraction of sp³-hybridized carbons (Fsp3) is 0.421. The second-order valence-electron chi connectivity index (χ2n) is 12.4. The van der Waals surface area contributed by atoms with E-state index >= 15 is 0 Å². The molecule has 4 aromatic carbocycles. The van der Waals surface area contributed by atoms with Gasteiger partial charge in [-0.05, 0) is 47.9 Å². The first kappa shape index (κ1) is 28.5. The van der Waals surface area contributed by atoms with Crippen LogP contribution in [0.1, 0.15) is 89.9 Å². The van der Waals surface area contributed by atoms with Gasteiger partial charge in [0.15, 0.2) is 0 Å². The van der Waals surface area contributed by atoms with Crippen LogP contribution in [-0.4, -0.2) is 11.9 Å². The summed E-state index contributed by atoms with van der Waals surface area (Å²) in [4.78, 5) is 26.5. The Balaban J connectivity index is 1.35. The van der Waals surface area contributed by atoms with Gasteiger partial charge >= 0.3 is 11.9 Å². The minimum Gasteiger partial charge on any atom is -0.425 e. The van der Waals surface area contributed by atoms with E-state index in [1.165, 1.54) is 64.2 Å². The van der Waals surface area contributed by atoms with Crippen LogP contribution in [0.4, 0.5) is 0 Å². The molecule has 0 bridgehead atoms. The Labute approximate surface area is 249 Å². The third-order valence-corrected chi connectivity index (χ3v) is 9.43. The summed E-state index contributed by atoms with van der Waals surface area (Å²) >= 11 is 0. The Kier molecular flexibility index (Phi) is 9.18. The van der Waals surface area contributed by atoms with Gasteiger partial charge < -0.3 is 9.47 Å². The van der Waals surface area contributed by atoms with Crippen molar-refractivity contribution in [2.24, 2.45) is 11.8 Å². The highest BCUT2D eigenvalue weighted by Gasteiger charge is 2.23. The Morgan fingerprint density at radius 3 is 1.55 bits per heavy atom. The summed E-state index contributed by atoms with van der Waals surface area (Å²) in [5.41, 5.74) is 2.10. The van der Waals surface area contributed by atoms with E-state index in [4.69, 9.17) is 9.47 Å². The fourth-order valence-electron chi connectivity index (χ4n) is 7.05. The zero-order chi connectivity index (χ0) is 28.7. The molecule has 4 aromatic rings. The maximum Gasteiger partial charge on any atom is 0.311 e. The summed E-state index contributed by atoms with van der Waals surface area (Å²) < 4.78 is 12.4. The van der Waals surface area contributed by atoms with Gasteiger partial charge in [-0.1, -0.05) is 125 Å². The lowest BCUT2D eigenvalue weighted by atomic mass is 9.86. The number of ether oxygens (including phenoxy) is 2. The molecule has 0 spiro atoms. The zero-order valence-electron chi connectivity index (χ0n) is 24.6. The van der Waals surface area contributed by atoms with Crippen molar-refractivity contribution in [2.75, 3.05) is 0 Å². The molecular weight excluding hydrogens is 520 g/mol. The number of rotatable bonds is 9. The van der Waals surface area contributed by atoms with Crippen LogP contribution in [0.15, 0.2) is 72.8 Å². The summed E-state index contributed by atoms with van der Waals surface area (Å²) in [7, 11) is 0. The third kappa shape index (κ3) is 6.69. The van der Waals surface area contributed by atoms with E-state index in [1.54, 1.807) is 0 Å². The molecule has 0 heterocycles. The maximum absolute atomic E-state index is 13.3. The smallest absolute Gasteiger partial charge is 0.311 e. The molecule has 0 aromatic heterocycles. The average molecular weight is 563 g/mol. The number of esters is 2. The predicted octanol–water partition coefficient (Wildman–Crippen LogP) is 10.2. The van der Waals surface area contributed by atoms with E-state index in [9.17, 15) is 9.59 Å². The van der Waals surface area contributed by atoms with Gasteiger partial charge in [-0.3, -0.25) is 9.59 Å². The Morgan fingerprint density at radius 2 is 1.00 bits per heavy atom. The van der Waals surface area contributed by atoms with Crippen molar-refractivity contribution in [3.8, 4) is 22.6 Å². The molecule has 0 saturated heterocycles. The maximum atomic E-state index is 13.3. The molecule has 4 nitrogen and oxygen atoms in total. The molecule has 0 unspecified atom stereocenters. The molecule has 42 heavy (non-hydrogen) atoms. The minimum atomic E-state index is -0.200. The molecule has 6 rings (SSSR count). The second-order valence-corrected chi connectivity index (χ2v) is 12.4. The van der Waals surface area contributed by atoms with Crippen molar-refractivity contribution < 1.29 is 19.1 Å². The van der Waals surface area contributed by atoms with Crippen LogP contribution < -0.4 is 9.47 Å². The van der Waals surface area contributed by atoms with Crippen LogP contribution in [0.5, 0.6) is 11.5 Å². The highest BCUT2D eigenvalue weighted by molar-refractivity contribution is 6.13. The molecule has 2 aliphatic carbocycles.